The van der Waals surface area contributed by atoms with Crippen LogP contribution in [0, 0.1) is 20.8 Å². The molecule has 8 heteroatoms. The molecule has 0 bridgehead atoms. The number of fused-ring (bicyclic) bond motifs is 1. The molecule has 2 aromatic carbocycles. The SMILES string of the molecule is Cc1cc(C)c(NC(=O)C2Nc3ccc(Cl)cc3S(=O)(=O)N2)c(C)c1. The molecule has 1 aliphatic rings. The minimum Gasteiger partial charge on any atom is -0.360 e. The summed E-state index contributed by atoms with van der Waals surface area (Å²) in [5, 5.41) is 6.00. The Balaban J connectivity index is 1.89. The molecule has 3 rings (SSSR count). The second-order valence-corrected chi connectivity index (χ2v) is 8.22. The summed E-state index contributed by atoms with van der Waals surface area (Å²) in [4.78, 5) is 12.6. The van der Waals surface area contributed by atoms with Crippen molar-refractivity contribution in [3.05, 3.63) is 52.0 Å². The van der Waals surface area contributed by atoms with Gasteiger partial charge in [0.2, 0.25) is 10.0 Å². The molecule has 132 valence electrons. The molecule has 25 heavy (non-hydrogen) atoms. The van der Waals surface area contributed by atoms with E-state index in [9.17, 15) is 13.2 Å². The van der Waals surface area contributed by atoms with Gasteiger partial charge in [-0.2, -0.15) is 4.72 Å². The Labute approximate surface area is 151 Å². The Kier molecular flexibility index (Phi) is 4.49. The molecule has 0 saturated carbocycles. The first-order valence-corrected chi connectivity index (χ1v) is 9.50. The number of carbonyl (C=O) groups is 1. The van der Waals surface area contributed by atoms with Gasteiger partial charge in [-0.05, 0) is 50.1 Å². The van der Waals surface area contributed by atoms with Gasteiger partial charge in [0.25, 0.3) is 5.91 Å². The Hall–Kier alpha value is -2.09. The lowest BCUT2D eigenvalue weighted by atomic mass is 10.1. The highest BCUT2D eigenvalue weighted by Crippen LogP contribution is 2.29. The van der Waals surface area contributed by atoms with Crippen LogP contribution in [0.3, 0.4) is 0 Å². The zero-order chi connectivity index (χ0) is 18.4. The molecule has 0 aromatic heterocycles. The summed E-state index contributed by atoms with van der Waals surface area (Å²) in [5.74, 6) is -0.487. The highest BCUT2D eigenvalue weighted by atomic mass is 35.5. The number of benzene rings is 2. The predicted molar refractivity (Wildman–Crippen MR) is 98.5 cm³/mol. The minimum atomic E-state index is -3.84. The van der Waals surface area contributed by atoms with Crippen molar-refractivity contribution >= 4 is 38.9 Å². The number of sulfonamides is 1. The standard InChI is InChI=1S/C17H18ClN3O3S/c1-9-6-10(2)15(11(3)7-9)20-17(22)16-19-13-5-4-12(18)8-14(13)25(23,24)21-16/h4-8,16,19,21H,1-3H3,(H,20,22). The van der Waals surface area contributed by atoms with Crippen molar-refractivity contribution in [1.29, 1.82) is 0 Å². The van der Waals surface area contributed by atoms with Gasteiger partial charge in [-0.1, -0.05) is 29.3 Å². The van der Waals surface area contributed by atoms with Crippen molar-refractivity contribution in [2.75, 3.05) is 10.6 Å². The Morgan fingerprint density at radius 1 is 1.12 bits per heavy atom. The van der Waals surface area contributed by atoms with E-state index in [1.807, 2.05) is 32.9 Å². The van der Waals surface area contributed by atoms with Crippen molar-refractivity contribution in [3.63, 3.8) is 0 Å². The molecule has 3 N–H and O–H groups in total. The lowest BCUT2D eigenvalue weighted by Crippen LogP contribution is -2.51. The zero-order valence-corrected chi connectivity index (χ0v) is 15.5. The van der Waals surface area contributed by atoms with Crippen LogP contribution < -0.4 is 15.4 Å². The second kappa shape index (κ2) is 6.33. The maximum absolute atomic E-state index is 12.6. The summed E-state index contributed by atoms with van der Waals surface area (Å²) in [6.07, 6.45) is -1.11. The molecule has 0 spiro atoms. The average molecular weight is 380 g/mol. The van der Waals surface area contributed by atoms with Crippen LogP contribution in [0.2, 0.25) is 5.02 Å². The van der Waals surface area contributed by atoms with Crippen molar-refractivity contribution < 1.29 is 13.2 Å². The first-order chi connectivity index (χ1) is 11.7. The quantitative estimate of drug-likeness (QED) is 0.748. The number of hydrogen-bond acceptors (Lipinski definition) is 4. The molecule has 6 nitrogen and oxygen atoms in total. The minimum absolute atomic E-state index is 0.0201. The van der Waals surface area contributed by atoms with Crippen molar-refractivity contribution in [3.8, 4) is 0 Å². The second-order valence-electron chi connectivity index (χ2n) is 6.10. The van der Waals surface area contributed by atoms with Crippen molar-refractivity contribution in [2.45, 2.75) is 31.8 Å². The van der Waals surface area contributed by atoms with Gasteiger partial charge in [0.15, 0.2) is 6.17 Å². The number of carbonyl (C=O) groups excluding carboxylic acids is 1. The van der Waals surface area contributed by atoms with Crippen LogP contribution in [0.5, 0.6) is 0 Å². The fraction of sp³-hybridized carbons (Fsp3) is 0.235. The van der Waals surface area contributed by atoms with E-state index in [-0.39, 0.29) is 4.90 Å². The lowest BCUT2D eigenvalue weighted by molar-refractivity contribution is -0.117. The molecule has 0 saturated heterocycles. The van der Waals surface area contributed by atoms with Crippen LogP contribution in [-0.2, 0) is 14.8 Å². The monoisotopic (exact) mass is 379 g/mol. The first-order valence-electron chi connectivity index (χ1n) is 7.64. The van der Waals surface area contributed by atoms with Crippen LogP contribution in [0.25, 0.3) is 0 Å². The highest BCUT2D eigenvalue weighted by molar-refractivity contribution is 7.89. The van der Waals surface area contributed by atoms with Crippen LogP contribution in [0.1, 0.15) is 16.7 Å². The molecule has 1 aliphatic heterocycles. The van der Waals surface area contributed by atoms with Crippen molar-refractivity contribution in [2.24, 2.45) is 0 Å². The molecule has 1 unspecified atom stereocenters. The van der Waals surface area contributed by atoms with Gasteiger partial charge in [-0.3, -0.25) is 4.79 Å². The van der Waals surface area contributed by atoms with E-state index in [0.717, 1.165) is 16.7 Å². The number of halogens is 1. The van der Waals surface area contributed by atoms with E-state index in [0.29, 0.717) is 16.4 Å². The van der Waals surface area contributed by atoms with Gasteiger partial charge >= 0.3 is 0 Å². The number of nitrogens with one attached hydrogen (secondary N) is 3. The van der Waals surface area contributed by atoms with Gasteiger partial charge in [0.1, 0.15) is 4.90 Å². The van der Waals surface area contributed by atoms with Gasteiger partial charge < -0.3 is 10.6 Å². The Morgan fingerprint density at radius 2 is 1.76 bits per heavy atom. The number of anilines is 2. The van der Waals surface area contributed by atoms with Crippen LogP contribution in [0.15, 0.2) is 35.2 Å². The van der Waals surface area contributed by atoms with Crippen molar-refractivity contribution in [1.82, 2.24) is 4.72 Å². The predicted octanol–water partition coefficient (Wildman–Crippen LogP) is 2.93. The smallest absolute Gasteiger partial charge is 0.262 e. The Bertz CT molecular complexity index is 950. The Morgan fingerprint density at radius 3 is 2.40 bits per heavy atom. The van der Waals surface area contributed by atoms with Gasteiger partial charge in [0, 0.05) is 10.7 Å². The summed E-state index contributed by atoms with van der Waals surface area (Å²) >= 11 is 5.86. The third kappa shape index (κ3) is 3.49. The van der Waals surface area contributed by atoms with Gasteiger partial charge in [-0.15, -0.1) is 0 Å². The summed E-state index contributed by atoms with van der Waals surface area (Å²) < 4.78 is 27.1. The van der Waals surface area contributed by atoms with E-state index < -0.39 is 22.1 Å². The molecule has 1 heterocycles. The highest BCUT2D eigenvalue weighted by Gasteiger charge is 2.33. The van der Waals surface area contributed by atoms with E-state index in [2.05, 4.69) is 15.4 Å². The summed E-state index contributed by atoms with van der Waals surface area (Å²) in [6.45, 7) is 5.77. The number of amides is 1. The molecular weight excluding hydrogens is 362 g/mol. The fourth-order valence-electron chi connectivity index (χ4n) is 2.93. The third-order valence-electron chi connectivity index (χ3n) is 3.99. The molecule has 0 fully saturated rings. The van der Waals surface area contributed by atoms with Gasteiger partial charge in [0.05, 0.1) is 5.69 Å². The molecular formula is C17H18ClN3O3S. The molecule has 1 atom stereocenters. The number of rotatable bonds is 2. The lowest BCUT2D eigenvalue weighted by Gasteiger charge is -2.27. The number of hydrogen-bond donors (Lipinski definition) is 3. The molecule has 0 radical (unpaired) electrons. The van der Waals surface area contributed by atoms with Crippen LogP contribution in [0.4, 0.5) is 11.4 Å². The average Bonchev–Trinajstić information content (AvgIpc) is 2.50. The normalized spacial score (nSPS) is 18.2. The van der Waals surface area contributed by atoms with E-state index in [1.165, 1.54) is 6.07 Å². The fourth-order valence-corrected chi connectivity index (χ4v) is 4.47. The number of aryl methyl sites for hydroxylation is 3. The molecule has 0 aliphatic carbocycles. The molecule has 2 aromatic rings. The summed E-state index contributed by atoms with van der Waals surface area (Å²) in [5.41, 5.74) is 3.93. The molecule has 1 amide bonds. The topological polar surface area (TPSA) is 87.3 Å². The summed E-state index contributed by atoms with van der Waals surface area (Å²) in [7, 11) is -3.84. The van der Waals surface area contributed by atoms with Crippen LogP contribution >= 0.6 is 11.6 Å². The summed E-state index contributed by atoms with van der Waals surface area (Å²) in [6, 6.07) is 8.36. The largest absolute Gasteiger partial charge is 0.360 e. The first kappa shape index (κ1) is 17.7. The van der Waals surface area contributed by atoms with E-state index in [1.54, 1.807) is 12.1 Å². The maximum Gasteiger partial charge on any atom is 0.262 e. The maximum atomic E-state index is 12.6. The van der Waals surface area contributed by atoms with Gasteiger partial charge in [-0.25, -0.2) is 8.42 Å². The van der Waals surface area contributed by atoms with Crippen LogP contribution in [-0.4, -0.2) is 20.5 Å². The van der Waals surface area contributed by atoms with E-state index >= 15 is 0 Å². The third-order valence-corrected chi connectivity index (χ3v) is 5.69. The zero-order valence-electron chi connectivity index (χ0n) is 14.0. The van der Waals surface area contributed by atoms with E-state index in [4.69, 9.17) is 11.6 Å².